The van der Waals surface area contributed by atoms with Crippen molar-refractivity contribution in [3.63, 3.8) is 0 Å². The van der Waals surface area contributed by atoms with Gasteiger partial charge in [-0.05, 0) is 12.1 Å². The van der Waals surface area contributed by atoms with Crippen LogP contribution in [-0.4, -0.2) is 34.6 Å². The molecule has 0 aliphatic heterocycles. The van der Waals surface area contributed by atoms with Crippen LogP contribution in [0.15, 0.2) is 29.2 Å². The van der Waals surface area contributed by atoms with Crippen molar-refractivity contribution in [2.75, 3.05) is 20.2 Å². The van der Waals surface area contributed by atoms with E-state index in [9.17, 15) is 13.2 Å². The van der Waals surface area contributed by atoms with Crippen LogP contribution in [0.4, 0.5) is 0 Å². The Kier molecular flexibility index (Phi) is 6.18. The molecule has 6 nitrogen and oxygen atoms in total. The van der Waals surface area contributed by atoms with Gasteiger partial charge in [0.1, 0.15) is 0 Å². The summed E-state index contributed by atoms with van der Waals surface area (Å²) in [5, 5.41) is 0. The van der Waals surface area contributed by atoms with Crippen molar-refractivity contribution in [3.8, 4) is 11.8 Å². The van der Waals surface area contributed by atoms with Gasteiger partial charge in [0.15, 0.2) is 0 Å². The molecule has 0 saturated carbocycles. The van der Waals surface area contributed by atoms with E-state index in [0.717, 1.165) is 0 Å². The molecule has 0 unspecified atom stereocenters. The third kappa shape index (κ3) is 4.66. The Balaban J connectivity index is 2.90. The minimum atomic E-state index is -3.73. The van der Waals surface area contributed by atoms with Crippen LogP contribution in [0, 0.1) is 11.8 Å². The minimum Gasteiger partial charge on any atom is -0.469 e. The van der Waals surface area contributed by atoms with E-state index in [2.05, 4.69) is 21.3 Å². The highest BCUT2D eigenvalue weighted by Gasteiger charge is 2.17. The minimum absolute atomic E-state index is 0.0341. The largest absolute Gasteiger partial charge is 0.469 e. The van der Waals surface area contributed by atoms with Crippen molar-refractivity contribution >= 4 is 16.0 Å². The highest BCUT2D eigenvalue weighted by Crippen LogP contribution is 2.14. The second-order valence-electron chi connectivity index (χ2n) is 3.73. The first-order chi connectivity index (χ1) is 9.51. The molecule has 1 aromatic rings. The molecular formula is C13H16N2O4S. The number of nitrogens with two attached hydrogens (primary N) is 1. The van der Waals surface area contributed by atoms with Gasteiger partial charge in [-0.3, -0.25) is 4.79 Å². The number of rotatable bonds is 5. The molecule has 1 rings (SSSR count). The van der Waals surface area contributed by atoms with Gasteiger partial charge in [0, 0.05) is 12.1 Å². The van der Waals surface area contributed by atoms with Crippen LogP contribution in [0.3, 0.4) is 0 Å². The highest BCUT2D eigenvalue weighted by molar-refractivity contribution is 7.89. The Labute approximate surface area is 118 Å². The molecule has 108 valence electrons. The second kappa shape index (κ2) is 7.65. The first-order valence-corrected chi connectivity index (χ1v) is 7.34. The summed E-state index contributed by atoms with van der Waals surface area (Å²) in [5.41, 5.74) is 5.64. The van der Waals surface area contributed by atoms with E-state index >= 15 is 0 Å². The van der Waals surface area contributed by atoms with Crippen LogP contribution in [0.25, 0.3) is 0 Å². The molecule has 20 heavy (non-hydrogen) atoms. The van der Waals surface area contributed by atoms with Gasteiger partial charge in [0.05, 0.1) is 25.0 Å². The molecule has 0 spiro atoms. The fourth-order valence-corrected chi connectivity index (χ4v) is 2.61. The Morgan fingerprint density at radius 1 is 1.40 bits per heavy atom. The van der Waals surface area contributed by atoms with E-state index < -0.39 is 16.0 Å². The number of nitrogens with one attached hydrogen (secondary N) is 1. The van der Waals surface area contributed by atoms with Crippen LogP contribution in [-0.2, 0) is 19.6 Å². The Hall–Kier alpha value is -1.88. The normalized spacial score (nSPS) is 10.5. The van der Waals surface area contributed by atoms with E-state index in [4.69, 9.17) is 5.73 Å². The molecule has 0 atom stereocenters. The number of carbonyl (C=O) groups is 1. The van der Waals surface area contributed by atoms with Crippen LogP contribution in [0.2, 0.25) is 0 Å². The lowest BCUT2D eigenvalue weighted by molar-refractivity contribution is -0.140. The molecule has 3 N–H and O–H groups in total. The van der Waals surface area contributed by atoms with Gasteiger partial charge in [0.25, 0.3) is 0 Å². The quantitative estimate of drug-likeness (QED) is 0.581. The zero-order valence-corrected chi connectivity index (χ0v) is 11.9. The lowest BCUT2D eigenvalue weighted by atomic mass is 10.2. The number of sulfonamides is 1. The topological polar surface area (TPSA) is 98.5 Å². The molecule has 0 fully saturated rings. The first kappa shape index (κ1) is 16.2. The van der Waals surface area contributed by atoms with Crippen molar-refractivity contribution in [1.29, 1.82) is 0 Å². The van der Waals surface area contributed by atoms with Crippen molar-refractivity contribution in [3.05, 3.63) is 29.8 Å². The summed E-state index contributed by atoms with van der Waals surface area (Å²) < 4.78 is 31.0. The Morgan fingerprint density at radius 2 is 2.10 bits per heavy atom. The third-order valence-electron chi connectivity index (χ3n) is 2.35. The van der Waals surface area contributed by atoms with E-state index in [-0.39, 0.29) is 24.4 Å². The third-order valence-corrected chi connectivity index (χ3v) is 3.87. The average Bonchev–Trinajstić information content (AvgIpc) is 2.45. The van der Waals surface area contributed by atoms with Gasteiger partial charge in [-0.2, -0.15) is 0 Å². The molecule has 1 aromatic carbocycles. The average molecular weight is 296 g/mol. The summed E-state index contributed by atoms with van der Waals surface area (Å²) in [5.74, 6) is 4.83. The standard InChI is InChI=1S/C13H16N2O4S/c1-19-13(16)8-10-15-20(17,18)12-7-3-2-5-11(12)6-4-9-14/h2-3,5,7,15H,8-10,14H2,1H3. The number of methoxy groups -OCH3 is 1. The number of carbonyl (C=O) groups excluding carboxylic acids is 1. The maximum absolute atomic E-state index is 12.1. The van der Waals surface area contributed by atoms with Gasteiger partial charge >= 0.3 is 5.97 Å². The number of benzene rings is 1. The molecule has 7 heteroatoms. The summed E-state index contributed by atoms with van der Waals surface area (Å²) in [4.78, 5) is 11.0. The van der Waals surface area contributed by atoms with E-state index in [1.807, 2.05) is 0 Å². The Bertz CT molecular complexity index is 629. The van der Waals surface area contributed by atoms with Gasteiger partial charge < -0.3 is 10.5 Å². The zero-order chi connectivity index (χ0) is 15.0. The molecule has 0 heterocycles. The van der Waals surface area contributed by atoms with E-state index in [0.29, 0.717) is 5.56 Å². The number of hydrogen-bond donors (Lipinski definition) is 2. The van der Waals surface area contributed by atoms with Crippen molar-refractivity contribution in [2.24, 2.45) is 5.73 Å². The smallest absolute Gasteiger partial charge is 0.306 e. The van der Waals surface area contributed by atoms with E-state index in [1.54, 1.807) is 18.2 Å². The molecule has 0 saturated heterocycles. The first-order valence-electron chi connectivity index (χ1n) is 5.85. The SMILES string of the molecule is COC(=O)CCNS(=O)(=O)c1ccccc1C#CCN. The molecule has 0 aliphatic carbocycles. The summed E-state index contributed by atoms with van der Waals surface area (Å²) in [6, 6.07) is 6.33. The summed E-state index contributed by atoms with van der Waals surface area (Å²) in [6.45, 7) is 0.109. The maximum atomic E-state index is 12.1. The monoisotopic (exact) mass is 296 g/mol. The number of ether oxygens (including phenoxy) is 1. The fraction of sp³-hybridized carbons (Fsp3) is 0.308. The van der Waals surface area contributed by atoms with Gasteiger partial charge in [-0.15, -0.1) is 0 Å². The van der Waals surface area contributed by atoms with Crippen molar-refractivity contribution in [1.82, 2.24) is 4.72 Å². The predicted molar refractivity (Wildman–Crippen MR) is 74.2 cm³/mol. The molecule has 0 bridgehead atoms. The summed E-state index contributed by atoms with van der Waals surface area (Å²) >= 11 is 0. The van der Waals surface area contributed by atoms with Crippen LogP contribution < -0.4 is 10.5 Å². The van der Waals surface area contributed by atoms with Crippen LogP contribution >= 0.6 is 0 Å². The highest BCUT2D eigenvalue weighted by atomic mass is 32.2. The molecule has 0 amide bonds. The number of hydrogen-bond acceptors (Lipinski definition) is 5. The van der Waals surface area contributed by atoms with Crippen molar-refractivity contribution < 1.29 is 17.9 Å². The zero-order valence-electron chi connectivity index (χ0n) is 11.0. The summed E-state index contributed by atoms with van der Waals surface area (Å²) in [6.07, 6.45) is -0.0353. The van der Waals surface area contributed by atoms with Crippen LogP contribution in [0.1, 0.15) is 12.0 Å². The van der Waals surface area contributed by atoms with Crippen LogP contribution in [0.5, 0.6) is 0 Å². The molecule has 0 radical (unpaired) electrons. The fourth-order valence-electron chi connectivity index (χ4n) is 1.42. The molecular weight excluding hydrogens is 280 g/mol. The second-order valence-corrected chi connectivity index (χ2v) is 5.46. The molecule has 0 aliphatic rings. The van der Waals surface area contributed by atoms with Crippen molar-refractivity contribution in [2.45, 2.75) is 11.3 Å². The number of esters is 1. The van der Waals surface area contributed by atoms with Gasteiger partial charge in [-0.1, -0.05) is 24.0 Å². The Morgan fingerprint density at radius 3 is 2.75 bits per heavy atom. The lowest BCUT2D eigenvalue weighted by Gasteiger charge is -2.08. The maximum Gasteiger partial charge on any atom is 0.306 e. The predicted octanol–water partition coefficient (Wildman–Crippen LogP) is -0.162. The van der Waals surface area contributed by atoms with Gasteiger partial charge in [0.2, 0.25) is 10.0 Å². The van der Waals surface area contributed by atoms with Gasteiger partial charge in [-0.25, -0.2) is 13.1 Å². The summed E-state index contributed by atoms with van der Waals surface area (Å²) in [7, 11) is -2.48. The van der Waals surface area contributed by atoms with E-state index in [1.165, 1.54) is 13.2 Å². The molecule has 0 aromatic heterocycles. The lowest BCUT2D eigenvalue weighted by Crippen LogP contribution is -2.27.